The van der Waals surface area contributed by atoms with Crippen molar-refractivity contribution in [3.8, 4) is 17.6 Å². The second-order valence-corrected chi connectivity index (χ2v) is 5.03. The number of carbonyl (C=O) groups excluding carboxylic acids is 1. The normalized spacial score (nSPS) is 19.6. The molecule has 0 radical (unpaired) electrons. The molecule has 2 atom stereocenters. The third-order valence-corrected chi connectivity index (χ3v) is 3.26. The number of hydrogen-bond donors (Lipinski definition) is 3. The van der Waals surface area contributed by atoms with Gasteiger partial charge < -0.3 is 14.8 Å². The van der Waals surface area contributed by atoms with Gasteiger partial charge in [-0.25, -0.2) is 14.7 Å². The van der Waals surface area contributed by atoms with Crippen LogP contribution >= 0.6 is 0 Å². The summed E-state index contributed by atoms with van der Waals surface area (Å²) in [6.07, 6.45) is 1.99. The van der Waals surface area contributed by atoms with E-state index in [9.17, 15) is 9.18 Å². The van der Waals surface area contributed by atoms with Gasteiger partial charge in [0.2, 0.25) is 0 Å². The average Bonchev–Trinajstić information content (AvgIpc) is 3.01. The molecule has 2 rings (SSSR count). The zero-order valence-corrected chi connectivity index (χ0v) is 12.5. The maximum Gasteiger partial charge on any atom is 0.338 e. The second kappa shape index (κ2) is 8.98. The molecule has 1 heterocycles. The first-order chi connectivity index (χ1) is 11.2. The average molecular weight is 322 g/mol. The molecule has 1 aromatic carbocycles. The Morgan fingerprint density at radius 1 is 1.39 bits per heavy atom. The molecule has 3 N–H and O–H groups in total. The molecule has 0 aromatic heterocycles. The lowest BCUT2D eigenvalue weighted by Gasteiger charge is -2.12. The van der Waals surface area contributed by atoms with Crippen molar-refractivity contribution >= 4 is 6.03 Å². The lowest BCUT2D eigenvalue weighted by atomic mass is 10.2. The van der Waals surface area contributed by atoms with E-state index in [1.165, 1.54) is 17.6 Å². The highest BCUT2D eigenvalue weighted by atomic mass is 19.1. The van der Waals surface area contributed by atoms with Gasteiger partial charge in [0.15, 0.2) is 0 Å². The number of ether oxygens (including phenoxy) is 2. The monoisotopic (exact) mass is 322 g/mol. The van der Waals surface area contributed by atoms with Crippen LogP contribution in [0.3, 0.4) is 0 Å². The van der Waals surface area contributed by atoms with E-state index in [0.29, 0.717) is 25.3 Å². The molecular formula is C16H19FN2O4. The molecule has 7 heteroatoms. The molecule has 0 aliphatic carbocycles. The lowest BCUT2D eigenvalue weighted by molar-refractivity contribution is 0.0420. The quantitative estimate of drug-likeness (QED) is 0.334. The van der Waals surface area contributed by atoms with Crippen LogP contribution in [0.15, 0.2) is 24.3 Å². The van der Waals surface area contributed by atoms with E-state index in [4.69, 9.17) is 14.7 Å². The minimum absolute atomic E-state index is 0.0300. The van der Waals surface area contributed by atoms with Crippen molar-refractivity contribution in [1.29, 1.82) is 0 Å². The largest absolute Gasteiger partial charge is 0.491 e. The summed E-state index contributed by atoms with van der Waals surface area (Å²) in [6.45, 7) is 0.755. The van der Waals surface area contributed by atoms with Crippen molar-refractivity contribution in [1.82, 2.24) is 10.8 Å². The predicted molar refractivity (Wildman–Crippen MR) is 80.5 cm³/mol. The fourth-order valence-corrected chi connectivity index (χ4v) is 2.12. The number of hydroxylamine groups is 1. The Hall–Kier alpha value is -2.30. The van der Waals surface area contributed by atoms with Crippen LogP contribution in [-0.4, -0.2) is 36.6 Å². The van der Waals surface area contributed by atoms with Crippen molar-refractivity contribution in [3.05, 3.63) is 30.1 Å². The van der Waals surface area contributed by atoms with Crippen molar-refractivity contribution in [2.75, 3.05) is 13.2 Å². The van der Waals surface area contributed by atoms with Crippen LogP contribution in [0.25, 0.3) is 0 Å². The summed E-state index contributed by atoms with van der Waals surface area (Å²) in [6, 6.07) is 5.21. The van der Waals surface area contributed by atoms with E-state index in [1.54, 1.807) is 12.1 Å². The Morgan fingerprint density at radius 3 is 2.91 bits per heavy atom. The first-order valence-electron chi connectivity index (χ1n) is 7.37. The molecule has 1 saturated heterocycles. The summed E-state index contributed by atoms with van der Waals surface area (Å²) in [7, 11) is 0. The molecule has 2 amide bonds. The van der Waals surface area contributed by atoms with Crippen molar-refractivity contribution in [2.45, 2.75) is 31.5 Å². The summed E-state index contributed by atoms with van der Waals surface area (Å²) < 4.78 is 24.1. The molecule has 124 valence electrons. The van der Waals surface area contributed by atoms with Gasteiger partial charge in [0, 0.05) is 13.0 Å². The van der Waals surface area contributed by atoms with E-state index in [0.717, 1.165) is 12.8 Å². The van der Waals surface area contributed by atoms with Gasteiger partial charge in [0.25, 0.3) is 0 Å². The summed E-state index contributed by atoms with van der Waals surface area (Å²) >= 11 is 0. The number of halogens is 1. The molecule has 1 fully saturated rings. The van der Waals surface area contributed by atoms with Crippen LogP contribution in [0.5, 0.6) is 5.75 Å². The van der Waals surface area contributed by atoms with E-state index < -0.39 is 6.03 Å². The molecular weight excluding hydrogens is 303 g/mol. The second-order valence-electron chi connectivity index (χ2n) is 5.03. The number of hydrogen-bond acceptors (Lipinski definition) is 4. The van der Waals surface area contributed by atoms with Gasteiger partial charge in [-0.3, -0.25) is 5.21 Å². The van der Waals surface area contributed by atoms with Gasteiger partial charge in [0.05, 0.1) is 6.10 Å². The smallest absolute Gasteiger partial charge is 0.338 e. The van der Waals surface area contributed by atoms with E-state index in [1.807, 2.05) is 0 Å². The van der Waals surface area contributed by atoms with Gasteiger partial charge >= 0.3 is 6.03 Å². The molecule has 0 saturated carbocycles. The van der Waals surface area contributed by atoms with Gasteiger partial charge in [-0.15, -0.1) is 0 Å². The molecule has 0 bridgehead atoms. The summed E-state index contributed by atoms with van der Waals surface area (Å²) in [5.41, 5.74) is 1.48. The first kappa shape index (κ1) is 17.1. The first-order valence-corrected chi connectivity index (χ1v) is 7.37. The number of nitrogens with one attached hydrogen (secondary N) is 2. The zero-order valence-electron chi connectivity index (χ0n) is 12.5. The Morgan fingerprint density at radius 2 is 2.17 bits per heavy atom. The standard InChI is InChI=1S/C16H19FN2O4/c17-12-4-6-13(7-5-12)22-11-15-9-8-14(23-15)3-1-2-10-18-16(20)19-21/h4-7,14-15,21H,2,8-11H2,(H2,18,19,20). The Balaban J connectivity index is 1.64. The summed E-state index contributed by atoms with van der Waals surface area (Å²) in [5.74, 6) is 6.24. The van der Waals surface area contributed by atoms with Gasteiger partial charge in [-0.05, 0) is 37.1 Å². The molecule has 1 aliphatic heterocycles. The number of benzene rings is 1. The topological polar surface area (TPSA) is 79.8 Å². The van der Waals surface area contributed by atoms with Crippen molar-refractivity contribution < 1.29 is 23.9 Å². The van der Waals surface area contributed by atoms with Gasteiger partial charge in [-0.1, -0.05) is 11.8 Å². The number of urea groups is 1. The molecule has 2 unspecified atom stereocenters. The SMILES string of the molecule is O=C(NO)NCCC#CC1CCC(COc2ccc(F)cc2)O1. The van der Waals surface area contributed by atoms with Crippen LogP contribution in [0.1, 0.15) is 19.3 Å². The predicted octanol–water partition coefficient (Wildman–Crippen LogP) is 1.83. The Labute approximate surface area is 133 Å². The molecule has 0 spiro atoms. The van der Waals surface area contributed by atoms with Gasteiger partial charge in [-0.2, -0.15) is 0 Å². The third kappa shape index (κ3) is 6.14. The zero-order chi connectivity index (χ0) is 16.5. The van der Waals surface area contributed by atoms with Crippen LogP contribution in [0, 0.1) is 17.7 Å². The van der Waals surface area contributed by atoms with E-state index >= 15 is 0 Å². The van der Waals surface area contributed by atoms with Crippen molar-refractivity contribution in [2.24, 2.45) is 0 Å². The van der Waals surface area contributed by atoms with Crippen LogP contribution in [0.2, 0.25) is 0 Å². The van der Waals surface area contributed by atoms with Crippen LogP contribution in [0.4, 0.5) is 9.18 Å². The van der Waals surface area contributed by atoms with Crippen LogP contribution < -0.4 is 15.5 Å². The van der Waals surface area contributed by atoms with Crippen LogP contribution in [-0.2, 0) is 4.74 Å². The molecule has 1 aliphatic rings. The highest BCUT2D eigenvalue weighted by molar-refractivity contribution is 5.72. The number of amides is 2. The lowest BCUT2D eigenvalue weighted by Crippen LogP contribution is -2.33. The Bertz CT molecular complexity index is 568. The highest BCUT2D eigenvalue weighted by Crippen LogP contribution is 2.20. The summed E-state index contributed by atoms with van der Waals surface area (Å²) in [5, 5.41) is 10.7. The minimum Gasteiger partial charge on any atom is -0.491 e. The summed E-state index contributed by atoms with van der Waals surface area (Å²) in [4.78, 5) is 10.7. The maximum atomic E-state index is 12.8. The van der Waals surface area contributed by atoms with E-state index in [-0.39, 0.29) is 18.0 Å². The maximum absolute atomic E-state index is 12.8. The van der Waals surface area contributed by atoms with Crippen molar-refractivity contribution in [3.63, 3.8) is 0 Å². The Kier molecular flexibility index (Phi) is 6.66. The highest BCUT2D eigenvalue weighted by Gasteiger charge is 2.24. The molecule has 23 heavy (non-hydrogen) atoms. The van der Waals surface area contributed by atoms with Gasteiger partial charge in [0.1, 0.15) is 24.3 Å². The number of rotatable bonds is 5. The van der Waals surface area contributed by atoms with E-state index in [2.05, 4.69) is 17.2 Å². The minimum atomic E-state index is -0.651. The fraction of sp³-hybridized carbons (Fsp3) is 0.438. The fourth-order valence-electron chi connectivity index (χ4n) is 2.12. The number of carbonyl (C=O) groups is 1. The molecule has 6 nitrogen and oxygen atoms in total. The molecule has 1 aromatic rings. The third-order valence-electron chi connectivity index (χ3n) is 3.26.